The predicted molar refractivity (Wildman–Crippen MR) is 86.2 cm³/mol. The summed E-state index contributed by atoms with van der Waals surface area (Å²) < 4.78 is 5.22. The molecule has 2 heterocycles. The number of nitrogens with zero attached hydrogens (tertiary/aromatic N) is 2. The smallest absolute Gasteiger partial charge is 0.146 e. The molecule has 4 heteroatoms. The van der Waals surface area contributed by atoms with E-state index in [1.807, 2.05) is 67.6 Å². The molecule has 0 aliphatic rings. The summed E-state index contributed by atoms with van der Waals surface area (Å²) in [6.07, 6.45) is 5.39. The number of fused-ring (bicyclic) bond motifs is 1. The first-order chi connectivity index (χ1) is 10.3. The largest absolute Gasteiger partial charge is 0.465 e. The second-order valence-corrected chi connectivity index (χ2v) is 4.60. The Kier molecular flexibility index (Phi) is 3.78. The van der Waals surface area contributed by atoms with E-state index in [1.165, 1.54) is 0 Å². The molecule has 0 unspecified atom stereocenters. The topological polar surface area (TPSA) is 50.4 Å². The summed E-state index contributed by atoms with van der Waals surface area (Å²) in [6, 6.07) is 15.7. The maximum atomic E-state index is 5.22. The average Bonchev–Trinajstić information content (AvgIpc) is 3.04. The van der Waals surface area contributed by atoms with E-state index in [0.29, 0.717) is 0 Å². The molecule has 0 saturated carbocycles. The van der Waals surface area contributed by atoms with Crippen molar-refractivity contribution in [2.45, 2.75) is 6.92 Å². The number of hydrogen-bond donors (Lipinski definition) is 1. The Morgan fingerprint density at radius 1 is 1.14 bits per heavy atom. The summed E-state index contributed by atoms with van der Waals surface area (Å²) in [4.78, 5) is 4.50. The van der Waals surface area contributed by atoms with Crippen molar-refractivity contribution < 1.29 is 4.42 Å². The Morgan fingerprint density at radius 3 is 2.90 bits per heavy atom. The highest BCUT2D eigenvalue weighted by atomic mass is 16.3. The maximum absolute atomic E-state index is 5.22. The SMILES string of the molecule is CC(/C=C/c1ccco1)=N/Nc1ccc2ccccc2n1. The van der Waals surface area contributed by atoms with Crippen LogP contribution in [0.5, 0.6) is 0 Å². The fraction of sp³-hybridized carbons (Fsp3) is 0.0588. The molecule has 0 radical (unpaired) electrons. The lowest BCUT2D eigenvalue weighted by atomic mass is 10.2. The minimum atomic E-state index is 0.722. The van der Waals surface area contributed by atoms with E-state index in [2.05, 4.69) is 15.5 Å². The zero-order chi connectivity index (χ0) is 14.5. The Labute approximate surface area is 122 Å². The van der Waals surface area contributed by atoms with Gasteiger partial charge in [0.25, 0.3) is 0 Å². The van der Waals surface area contributed by atoms with Gasteiger partial charge in [-0.15, -0.1) is 0 Å². The summed E-state index contributed by atoms with van der Waals surface area (Å²) in [6.45, 7) is 1.91. The second kappa shape index (κ2) is 6.05. The molecule has 0 spiro atoms. The van der Waals surface area contributed by atoms with E-state index in [1.54, 1.807) is 6.26 Å². The van der Waals surface area contributed by atoms with E-state index >= 15 is 0 Å². The second-order valence-electron chi connectivity index (χ2n) is 4.60. The molecule has 3 rings (SSSR count). The lowest BCUT2D eigenvalue weighted by molar-refractivity contribution is 0.557. The number of anilines is 1. The van der Waals surface area contributed by atoms with E-state index < -0.39 is 0 Å². The van der Waals surface area contributed by atoms with Crippen molar-refractivity contribution in [2.24, 2.45) is 5.10 Å². The van der Waals surface area contributed by atoms with Crippen molar-refractivity contribution in [1.82, 2.24) is 4.98 Å². The molecule has 1 N–H and O–H groups in total. The molecule has 21 heavy (non-hydrogen) atoms. The maximum Gasteiger partial charge on any atom is 0.146 e. The number of nitrogens with one attached hydrogen (secondary N) is 1. The van der Waals surface area contributed by atoms with Crippen LogP contribution in [0, 0.1) is 0 Å². The molecular formula is C17H15N3O. The molecule has 2 aromatic heterocycles. The Hall–Kier alpha value is -2.88. The first kappa shape index (κ1) is 13.1. The number of allylic oxidation sites excluding steroid dienone is 1. The molecule has 104 valence electrons. The van der Waals surface area contributed by atoms with Gasteiger partial charge in [0.05, 0.1) is 17.5 Å². The fourth-order valence-corrected chi connectivity index (χ4v) is 1.90. The van der Waals surface area contributed by atoms with E-state index in [-0.39, 0.29) is 0 Å². The van der Waals surface area contributed by atoms with Crippen LogP contribution in [0.1, 0.15) is 12.7 Å². The van der Waals surface area contributed by atoms with Gasteiger partial charge in [-0.05, 0) is 49.4 Å². The Balaban J connectivity index is 1.71. The number of rotatable bonds is 4. The van der Waals surface area contributed by atoms with Gasteiger partial charge in [-0.2, -0.15) is 5.10 Å². The van der Waals surface area contributed by atoms with Crippen molar-refractivity contribution in [3.63, 3.8) is 0 Å². The molecule has 0 aliphatic carbocycles. The molecule has 0 saturated heterocycles. The summed E-state index contributed by atoms with van der Waals surface area (Å²) in [5.41, 5.74) is 4.74. The van der Waals surface area contributed by atoms with Gasteiger partial charge in [0.15, 0.2) is 0 Å². The molecule has 0 bridgehead atoms. The third-order valence-corrected chi connectivity index (χ3v) is 2.98. The summed E-state index contributed by atoms with van der Waals surface area (Å²) >= 11 is 0. The lowest BCUT2D eigenvalue weighted by Gasteiger charge is -2.02. The number of furan rings is 1. The predicted octanol–water partition coefficient (Wildman–Crippen LogP) is 4.33. The summed E-state index contributed by atoms with van der Waals surface area (Å²) in [5.74, 6) is 1.52. The number of pyridine rings is 1. The van der Waals surface area contributed by atoms with E-state index in [9.17, 15) is 0 Å². The van der Waals surface area contributed by atoms with Crippen LogP contribution in [-0.4, -0.2) is 10.7 Å². The highest BCUT2D eigenvalue weighted by Crippen LogP contribution is 2.14. The van der Waals surface area contributed by atoms with Crippen LogP contribution in [0.3, 0.4) is 0 Å². The van der Waals surface area contributed by atoms with Gasteiger partial charge in [-0.3, -0.25) is 5.43 Å². The number of para-hydroxylation sites is 1. The minimum absolute atomic E-state index is 0.722. The number of hydrogen-bond acceptors (Lipinski definition) is 4. The highest BCUT2D eigenvalue weighted by Gasteiger charge is 1.96. The van der Waals surface area contributed by atoms with Gasteiger partial charge < -0.3 is 4.42 Å². The van der Waals surface area contributed by atoms with Crippen molar-refractivity contribution in [2.75, 3.05) is 5.43 Å². The van der Waals surface area contributed by atoms with Crippen LogP contribution in [0.2, 0.25) is 0 Å². The number of hydrazone groups is 1. The van der Waals surface area contributed by atoms with E-state index in [4.69, 9.17) is 4.42 Å². The van der Waals surface area contributed by atoms with Gasteiger partial charge in [0.2, 0.25) is 0 Å². The molecule has 4 nitrogen and oxygen atoms in total. The molecule has 0 aliphatic heterocycles. The van der Waals surface area contributed by atoms with Gasteiger partial charge in [-0.25, -0.2) is 4.98 Å². The summed E-state index contributed by atoms with van der Waals surface area (Å²) in [7, 11) is 0. The van der Waals surface area contributed by atoms with Crippen LogP contribution in [0.15, 0.2) is 70.4 Å². The summed E-state index contributed by atoms with van der Waals surface area (Å²) in [5, 5.41) is 5.39. The Morgan fingerprint density at radius 2 is 2.05 bits per heavy atom. The van der Waals surface area contributed by atoms with Crippen LogP contribution in [0.4, 0.5) is 5.82 Å². The Bertz CT molecular complexity index is 789. The van der Waals surface area contributed by atoms with Gasteiger partial charge in [-0.1, -0.05) is 18.2 Å². The standard InChI is InChI=1S/C17H15N3O/c1-13(8-10-15-6-4-12-21-15)19-20-17-11-9-14-5-2-3-7-16(14)18-17/h2-12H,1H3,(H,18,20)/b10-8+,19-13-. The first-order valence-electron chi connectivity index (χ1n) is 6.69. The monoisotopic (exact) mass is 277 g/mol. The first-order valence-corrected chi connectivity index (χ1v) is 6.69. The van der Waals surface area contributed by atoms with Crippen LogP contribution < -0.4 is 5.43 Å². The quantitative estimate of drug-likeness (QED) is 0.570. The van der Waals surface area contributed by atoms with Gasteiger partial charge >= 0.3 is 0 Å². The third-order valence-electron chi connectivity index (χ3n) is 2.98. The fourth-order valence-electron chi connectivity index (χ4n) is 1.90. The van der Waals surface area contributed by atoms with E-state index in [0.717, 1.165) is 28.2 Å². The van der Waals surface area contributed by atoms with Crippen molar-refractivity contribution in [3.05, 3.63) is 66.6 Å². The molecule has 0 amide bonds. The van der Waals surface area contributed by atoms with Crippen molar-refractivity contribution in [3.8, 4) is 0 Å². The molecule has 3 aromatic rings. The molecular weight excluding hydrogens is 262 g/mol. The van der Waals surface area contributed by atoms with Crippen molar-refractivity contribution >= 4 is 28.5 Å². The van der Waals surface area contributed by atoms with Crippen molar-refractivity contribution in [1.29, 1.82) is 0 Å². The number of aromatic nitrogens is 1. The third kappa shape index (κ3) is 3.36. The minimum Gasteiger partial charge on any atom is -0.465 e. The zero-order valence-electron chi connectivity index (χ0n) is 11.7. The number of benzene rings is 1. The van der Waals surface area contributed by atoms with Crippen LogP contribution in [0.25, 0.3) is 17.0 Å². The highest BCUT2D eigenvalue weighted by molar-refractivity contribution is 5.96. The van der Waals surface area contributed by atoms with Gasteiger partial charge in [0, 0.05) is 5.39 Å². The normalized spacial score (nSPS) is 12.1. The molecule has 0 atom stereocenters. The van der Waals surface area contributed by atoms with Crippen LogP contribution >= 0.6 is 0 Å². The van der Waals surface area contributed by atoms with Crippen LogP contribution in [-0.2, 0) is 0 Å². The average molecular weight is 277 g/mol. The lowest BCUT2D eigenvalue weighted by Crippen LogP contribution is -1.96. The molecule has 1 aromatic carbocycles. The zero-order valence-corrected chi connectivity index (χ0v) is 11.7. The van der Waals surface area contributed by atoms with Gasteiger partial charge in [0.1, 0.15) is 11.6 Å². The molecule has 0 fully saturated rings.